The molecule has 2 amide bonds. The third-order valence-corrected chi connectivity index (χ3v) is 4.79. The summed E-state index contributed by atoms with van der Waals surface area (Å²) in [6, 6.07) is 7.28. The Balaban J connectivity index is 1.85. The van der Waals surface area contributed by atoms with E-state index < -0.39 is 17.8 Å². The minimum atomic E-state index is -4.56. The average Bonchev–Trinajstić information content (AvgIpc) is 2.74. The molecule has 0 fully saturated rings. The van der Waals surface area contributed by atoms with Crippen molar-refractivity contribution in [1.29, 1.82) is 0 Å². The van der Waals surface area contributed by atoms with E-state index >= 15 is 0 Å². The molecule has 1 aliphatic heterocycles. The molecule has 154 valence electrons. The maximum absolute atomic E-state index is 13.0. The highest BCUT2D eigenvalue weighted by molar-refractivity contribution is 6.33. The van der Waals surface area contributed by atoms with Gasteiger partial charge in [-0.3, -0.25) is 9.59 Å². The van der Waals surface area contributed by atoms with Gasteiger partial charge >= 0.3 is 6.18 Å². The number of likely N-dealkylation sites (N-methyl/N-ethyl adjacent to an activating group) is 1. The van der Waals surface area contributed by atoms with E-state index in [-0.39, 0.29) is 35.6 Å². The van der Waals surface area contributed by atoms with Gasteiger partial charge in [-0.15, -0.1) is 0 Å². The number of nitrogens with zero attached hydrogens (tertiary/aromatic N) is 3. The Morgan fingerprint density at radius 1 is 1.38 bits per heavy atom. The number of aromatic nitrogens is 1. The van der Waals surface area contributed by atoms with E-state index in [4.69, 9.17) is 11.6 Å². The molecule has 0 spiro atoms. The third-order valence-electron chi connectivity index (χ3n) is 4.51. The van der Waals surface area contributed by atoms with Gasteiger partial charge in [0.1, 0.15) is 5.82 Å². The predicted octanol–water partition coefficient (Wildman–Crippen LogP) is 3.95. The number of halogens is 4. The highest BCUT2D eigenvalue weighted by atomic mass is 35.5. The molecule has 1 N–H and O–H groups in total. The van der Waals surface area contributed by atoms with Crippen molar-refractivity contribution < 1.29 is 22.8 Å². The molecule has 0 bridgehead atoms. The predicted molar refractivity (Wildman–Crippen MR) is 104 cm³/mol. The number of carbonyl (C=O) groups is 2. The van der Waals surface area contributed by atoms with Gasteiger partial charge in [0.25, 0.3) is 0 Å². The van der Waals surface area contributed by atoms with Crippen LogP contribution in [-0.2, 0) is 15.8 Å². The second kappa shape index (κ2) is 7.90. The van der Waals surface area contributed by atoms with Crippen LogP contribution in [0.3, 0.4) is 0 Å². The SMILES string of the molecule is C[C@H]1CC(=O)Nc2ccccc2N1C(=O)CN(C)c1ncc(C(F)(F)F)cc1Cl. The largest absolute Gasteiger partial charge is 0.417 e. The Morgan fingerprint density at radius 3 is 2.72 bits per heavy atom. The molecule has 2 heterocycles. The zero-order chi connectivity index (χ0) is 21.3. The van der Waals surface area contributed by atoms with E-state index in [0.29, 0.717) is 17.6 Å². The monoisotopic (exact) mass is 426 g/mol. The van der Waals surface area contributed by atoms with E-state index in [1.165, 1.54) is 16.8 Å². The fraction of sp³-hybridized carbons (Fsp3) is 0.316. The van der Waals surface area contributed by atoms with Crippen LogP contribution in [0, 0.1) is 0 Å². The first-order chi connectivity index (χ1) is 13.6. The summed E-state index contributed by atoms with van der Waals surface area (Å²) < 4.78 is 38.4. The Morgan fingerprint density at radius 2 is 2.07 bits per heavy atom. The van der Waals surface area contributed by atoms with Gasteiger partial charge in [0, 0.05) is 25.7 Å². The minimum absolute atomic E-state index is 0.0537. The number of rotatable bonds is 3. The summed E-state index contributed by atoms with van der Waals surface area (Å²) in [6.07, 6.45) is -3.77. The second-order valence-electron chi connectivity index (χ2n) is 6.77. The van der Waals surface area contributed by atoms with Crippen LogP contribution in [0.5, 0.6) is 0 Å². The quantitative estimate of drug-likeness (QED) is 0.807. The molecule has 29 heavy (non-hydrogen) atoms. The number of fused-ring (bicyclic) bond motifs is 1. The fourth-order valence-corrected chi connectivity index (χ4v) is 3.50. The number of nitrogens with one attached hydrogen (secondary N) is 1. The standard InChI is InChI=1S/C19H18ClF3N4O2/c1-11-7-16(28)25-14-5-3-4-6-15(14)27(11)17(29)10-26(2)18-13(20)8-12(9-24-18)19(21,22)23/h3-6,8-9,11H,7,10H2,1-2H3,(H,25,28)/t11-/m0/s1. The first-order valence-electron chi connectivity index (χ1n) is 8.72. The molecular formula is C19H18ClF3N4O2. The lowest BCUT2D eigenvalue weighted by molar-refractivity contribution is -0.137. The molecule has 2 aromatic rings. The zero-order valence-electron chi connectivity index (χ0n) is 15.6. The Kier molecular flexibility index (Phi) is 5.70. The Hall–Kier alpha value is -2.81. The van der Waals surface area contributed by atoms with Crippen LogP contribution < -0.4 is 15.1 Å². The topological polar surface area (TPSA) is 65.5 Å². The molecule has 1 aromatic carbocycles. The summed E-state index contributed by atoms with van der Waals surface area (Å²) in [5.74, 6) is -0.499. The molecular weight excluding hydrogens is 409 g/mol. The van der Waals surface area contributed by atoms with Crippen molar-refractivity contribution in [1.82, 2.24) is 4.98 Å². The average molecular weight is 427 g/mol. The molecule has 10 heteroatoms. The van der Waals surface area contributed by atoms with Crippen LogP contribution in [0.1, 0.15) is 18.9 Å². The number of para-hydroxylation sites is 2. The van der Waals surface area contributed by atoms with Gasteiger partial charge in [0.2, 0.25) is 11.8 Å². The maximum Gasteiger partial charge on any atom is 0.417 e. The smallest absolute Gasteiger partial charge is 0.349 e. The van der Waals surface area contributed by atoms with Gasteiger partial charge in [-0.25, -0.2) is 4.98 Å². The van der Waals surface area contributed by atoms with Gasteiger partial charge in [0.05, 0.1) is 28.5 Å². The summed E-state index contributed by atoms with van der Waals surface area (Å²) in [7, 11) is 1.51. The number of pyridine rings is 1. The van der Waals surface area contributed by atoms with Crippen LogP contribution in [-0.4, -0.2) is 36.4 Å². The van der Waals surface area contributed by atoms with Crippen molar-refractivity contribution in [3.63, 3.8) is 0 Å². The normalized spacial score (nSPS) is 16.7. The number of hydrogen-bond donors (Lipinski definition) is 1. The van der Waals surface area contributed by atoms with Gasteiger partial charge in [-0.05, 0) is 25.1 Å². The van der Waals surface area contributed by atoms with Crippen molar-refractivity contribution in [2.45, 2.75) is 25.6 Å². The second-order valence-corrected chi connectivity index (χ2v) is 7.17. The molecule has 0 aliphatic carbocycles. The van der Waals surface area contributed by atoms with Gasteiger partial charge < -0.3 is 15.1 Å². The van der Waals surface area contributed by atoms with Gasteiger partial charge in [-0.2, -0.15) is 13.2 Å². The third kappa shape index (κ3) is 4.45. The summed E-state index contributed by atoms with van der Waals surface area (Å²) in [6.45, 7) is 1.56. The summed E-state index contributed by atoms with van der Waals surface area (Å²) in [5.41, 5.74) is 0.102. The van der Waals surface area contributed by atoms with E-state index in [1.54, 1.807) is 31.2 Å². The molecule has 1 atom stereocenters. The zero-order valence-corrected chi connectivity index (χ0v) is 16.4. The molecule has 0 unspecified atom stereocenters. The highest BCUT2D eigenvalue weighted by Gasteiger charge is 2.33. The number of hydrogen-bond acceptors (Lipinski definition) is 4. The van der Waals surface area contributed by atoms with Crippen LogP contribution in [0.2, 0.25) is 5.02 Å². The van der Waals surface area contributed by atoms with Gasteiger partial charge in [0.15, 0.2) is 0 Å². The van der Waals surface area contributed by atoms with Crippen molar-refractivity contribution in [3.8, 4) is 0 Å². The number of benzene rings is 1. The molecule has 0 saturated heterocycles. The van der Waals surface area contributed by atoms with Crippen molar-refractivity contribution >= 4 is 40.6 Å². The van der Waals surface area contributed by atoms with Crippen LogP contribution in [0.25, 0.3) is 0 Å². The lowest BCUT2D eigenvalue weighted by Crippen LogP contribution is -2.44. The first-order valence-corrected chi connectivity index (χ1v) is 9.10. The lowest BCUT2D eigenvalue weighted by Gasteiger charge is -2.30. The van der Waals surface area contributed by atoms with Crippen LogP contribution >= 0.6 is 11.6 Å². The number of carbonyl (C=O) groups excluding carboxylic acids is 2. The van der Waals surface area contributed by atoms with Crippen molar-refractivity contribution in [2.24, 2.45) is 0 Å². The molecule has 0 radical (unpaired) electrons. The molecule has 1 aromatic heterocycles. The molecule has 3 rings (SSSR count). The minimum Gasteiger partial charge on any atom is -0.349 e. The summed E-state index contributed by atoms with van der Waals surface area (Å²) in [5, 5.41) is 2.55. The molecule has 0 saturated carbocycles. The van der Waals surface area contributed by atoms with Crippen molar-refractivity contribution in [3.05, 3.63) is 47.1 Å². The number of amides is 2. The maximum atomic E-state index is 13.0. The van der Waals surface area contributed by atoms with Crippen LogP contribution in [0.15, 0.2) is 36.5 Å². The Labute approximate surface area is 170 Å². The summed E-state index contributed by atoms with van der Waals surface area (Å²) >= 11 is 5.97. The van der Waals surface area contributed by atoms with E-state index in [0.717, 1.165) is 6.07 Å². The molecule has 6 nitrogen and oxygen atoms in total. The summed E-state index contributed by atoms with van der Waals surface area (Å²) in [4.78, 5) is 31.7. The molecule has 1 aliphatic rings. The first kappa shape index (κ1) is 20.9. The lowest BCUT2D eigenvalue weighted by atomic mass is 10.1. The van der Waals surface area contributed by atoms with E-state index in [2.05, 4.69) is 10.3 Å². The van der Waals surface area contributed by atoms with Crippen molar-refractivity contribution in [2.75, 3.05) is 28.7 Å². The van der Waals surface area contributed by atoms with Gasteiger partial charge in [-0.1, -0.05) is 23.7 Å². The highest BCUT2D eigenvalue weighted by Crippen LogP contribution is 2.34. The van der Waals surface area contributed by atoms with Crippen LogP contribution in [0.4, 0.5) is 30.4 Å². The Bertz CT molecular complexity index is 951. The fourth-order valence-electron chi connectivity index (χ4n) is 3.19. The van der Waals surface area contributed by atoms with E-state index in [1.807, 2.05) is 0 Å². The number of anilines is 3. The number of alkyl halides is 3. The van der Waals surface area contributed by atoms with E-state index in [9.17, 15) is 22.8 Å².